The minimum atomic E-state index is -0.118. The first-order valence-electron chi connectivity index (χ1n) is 9.05. The van der Waals surface area contributed by atoms with E-state index in [2.05, 4.69) is 15.3 Å². The number of amides is 1. The standard InChI is InChI=1S/C22H19N3O2S/c1-2-27-19-11-4-3-9-17(19)22-24-16(14-28-22)13-20(26)25-18-10-5-7-15-8-6-12-23-21(15)18/h3-12,14H,2,13H2,1H3,(H,25,26). The molecule has 2 aromatic heterocycles. The highest BCUT2D eigenvalue weighted by atomic mass is 32.1. The SMILES string of the molecule is CCOc1ccccc1-c1nc(CC(=O)Nc2cccc3cccnc23)cs1. The number of ether oxygens (including phenoxy) is 1. The molecule has 140 valence electrons. The smallest absolute Gasteiger partial charge is 0.230 e. The summed E-state index contributed by atoms with van der Waals surface area (Å²) in [7, 11) is 0. The molecule has 0 bridgehead atoms. The molecule has 1 amide bonds. The predicted molar refractivity (Wildman–Crippen MR) is 113 cm³/mol. The van der Waals surface area contributed by atoms with E-state index in [1.165, 1.54) is 11.3 Å². The van der Waals surface area contributed by atoms with Gasteiger partial charge in [-0.25, -0.2) is 4.98 Å². The molecule has 1 N–H and O–H groups in total. The van der Waals surface area contributed by atoms with Gasteiger partial charge in [0.05, 0.1) is 35.5 Å². The summed E-state index contributed by atoms with van der Waals surface area (Å²) in [5, 5.41) is 6.70. The first kappa shape index (κ1) is 18.1. The Kier molecular flexibility index (Phi) is 5.30. The maximum atomic E-state index is 12.5. The first-order chi connectivity index (χ1) is 13.7. The van der Waals surface area contributed by atoms with Crippen LogP contribution in [0.1, 0.15) is 12.6 Å². The van der Waals surface area contributed by atoms with Crippen molar-refractivity contribution in [2.75, 3.05) is 11.9 Å². The van der Waals surface area contributed by atoms with Gasteiger partial charge >= 0.3 is 0 Å². The van der Waals surface area contributed by atoms with E-state index in [0.29, 0.717) is 12.3 Å². The zero-order chi connectivity index (χ0) is 19.3. The van der Waals surface area contributed by atoms with Crippen LogP contribution in [0.25, 0.3) is 21.5 Å². The zero-order valence-electron chi connectivity index (χ0n) is 15.4. The Balaban J connectivity index is 1.50. The van der Waals surface area contributed by atoms with Crippen molar-refractivity contribution in [3.63, 3.8) is 0 Å². The molecule has 0 saturated heterocycles. The lowest BCUT2D eigenvalue weighted by Crippen LogP contribution is -2.15. The van der Waals surface area contributed by atoms with Gasteiger partial charge in [0.15, 0.2) is 0 Å². The summed E-state index contributed by atoms with van der Waals surface area (Å²) in [4.78, 5) is 21.5. The Morgan fingerprint density at radius 2 is 1.96 bits per heavy atom. The predicted octanol–water partition coefficient (Wildman–Crippen LogP) is 4.94. The molecule has 4 aromatic rings. The van der Waals surface area contributed by atoms with Crippen LogP contribution in [-0.4, -0.2) is 22.5 Å². The van der Waals surface area contributed by atoms with E-state index in [1.807, 2.05) is 66.9 Å². The van der Waals surface area contributed by atoms with E-state index < -0.39 is 0 Å². The van der Waals surface area contributed by atoms with Crippen LogP contribution < -0.4 is 10.1 Å². The molecule has 0 unspecified atom stereocenters. The van der Waals surface area contributed by atoms with Gasteiger partial charge in [-0.05, 0) is 31.2 Å². The Morgan fingerprint density at radius 1 is 1.11 bits per heavy atom. The van der Waals surface area contributed by atoms with Crippen LogP contribution in [0, 0.1) is 0 Å². The molecule has 2 aromatic carbocycles. The third-order valence-electron chi connectivity index (χ3n) is 4.22. The number of carbonyl (C=O) groups is 1. The molecule has 0 aliphatic carbocycles. The van der Waals surface area contributed by atoms with Crippen molar-refractivity contribution in [1.29, 1.82) is 0 Å². The third kappa shape index (κ3) is 3.87. The van der Waals surface area contributed by atoms with Gasteiger partial charge in [-0.2, -0.15) is 0 Å². The fraction of sp³-hybridized carbons (Fsp3) is 0.136. The number of nitrogens with zero attached hydrogens (tertiary/aromatic N) is 2. The van der Waals surface area contributed by atoms with E-state index in [-0.39, 0.29) is 12.3 Å². The quantitative estimate of drug-likeness (QED) is 0.507. The van der Waals surface area contributed by atoms with Crippen LogP contribution in [0.15, 0.2) is 66.2 Å². The lowest BCUT2D eigenvalue weighted by atomic mass is 10.2. The molecule has 4 rings (SSSR count). The molecule has 2 heterocycles. The maximum absolute atomic E-state index is 12.5. The van der Waals surface area contributed by atoms with E-state index >= 15 is 0 Å². The van der Waals surface area contributed by atoms with Crippen molar-refractivity contribution >= 4 is 33.8 Å². The van der Waals surface area contributed by atoms with Crippen LogP contribution in [0.4, 0.5) is 5.69 Å². The van der Waals surface area contributed by atoms with Crippen molar-refractivity contribution in [2.45, 2.75) is 13.3 Å². The molecule has 5 nitrogen and oxygen atoms in total. The Hall–Kier alpha value is -3.25. The lowest BCUT2D eigenvalue weighted by Gasteiger charge is -2.08. The van der Waals surface area contributed by atoms with Gasteiger partial charge in [0, 0.05) is 17.0 Å². The first-order valence-corrected chi connectivity index (χ1v) is 9.93. The van der Waals surface area contributed by atoms with Gasteiger partial charge in [-0.15, -0.1) is 11.3 Å². The highest BCUT2D eigenvalue weighted by molar-refractivity contribution is 7.13. The molecule has 28 heavy (non-hydrogen) atoms. The molecule has 0 aliphatic rings. The van der Waals surface area contributed by atoms with E-state index in [0.717, 1.165) is 32.9 Å². The van der Waals surface area contributed by atoms with Crippen molar-refractivity contribution < 1.29 is 9.53 Å². The van der Waals surface area contributed by atoms with Crippen molar-refractivity contribution in [1.82, 2.24) is 9.97 Å². The van der Waals surface area contributed by atoms with Crippen LogP contribution in [0.3, 0.4) is 0 Å². The summed E-state index contributed by atoms with van der Waals surface area (Å²) in [6.07, 6.45) is 1.93. The van der Waals surface area contributed by atoms with Gasteiger partial charge < -0.3 is 10.1 Å². The Morgan fingerprint density at radius 3 is 2.86 bits per heavy atom. The fourth-order valence-corrected chi connectivity index (χ4v) is 3.85. The number of aromatic nitrogens is 2. The topological polar surface area (TPSA) is 64.1 Å². The number of rotatable bonds is 6. The van der Waals surface area contributed by atoms with E-state index in [1.54, 1.807) is 6.20 Å². The largest absolute Gasteiger partial charge is 0.493 e. The number of anilines is 1. The summed E-state index contributed by atoms with van der Waals surface area (Å²) < 4.78 is 5.68. The average molecular weight is 389 g/mol. The summed E-state index contributed by atoms with van der Waals surface area (Å²) in [6, 6.07) is 17.4. The summed E-state index contributed by atoms with van der Waals surface area (Å²) in [6.45, 7) is 2.55. The molecule has 0 aliphatic heterocycles. The summed E-state index contributed by atoms with van der Waals surface area (Å²) in [5.41, 5.74) is 3.17. The second-order valence-electron chi connectivity index (χ2n) is 6.18. The normalized spacial score (nSPS) is 10.8. The Bertz CT molecular complexity index is 1120. The number of benzene rings is 2. The zero-order valence-corrected chi connectivity index (χ0v) is 16.2. The molecule has 0 saturated carbocycles. The highest BCUT2D eigenvalue weighted by Crippen LogP contribution is 2.32. The number of pyridine rings is 1. The van der Waals surface area contributed by atoms with Gasteiger partial charge in [0.1, 0.15) is 10.8 Å². The molecular weight excluding hydrogens is 370 g/mol. The lowest BCUT2D eigenvalue weighted by molar-refractivity contribution is -0.115. The maximum Gasteiger partial charge on any atom is 0.230 e. The average Bonchev–Trinajstić information content (AvgIpc) is 3.17. The molecule has 0 fully saturated rings. The summed E-state index contributed by atoms with van der Waals surface area (Å²) in [5.74, 6) is 0.685. The highest BCUT2D eigenvalue weighted by Gasteiger charge is 2.13. The summed E-state index contributed by atoms with van der Waals surface area (Å²) >= 11 is 1.51. The van der Waals surface area contributed by atoms with Crippen molar-refractivity contribution in [2.24, 2.45) is 0 Å². The second kappa shape index (κ2) is 8.19. The fourth-order valence-electron chi connectivity index (χ4n) is 3.00. The van der Waals surface area contributed by atoms with Gasteiger partial charge in [-0.3, -0.25) is 9.78 Å². The minimum absolute atomic E-state index is 0.118. The van der Waals surface area contributed by atoms with Crippen molar-refractivity contribution in [3.8, 4) is 16.3 Å². The third-order valence-corrected chi connectivity index (χ3v) is 5.14. The number of hydrogen-bond donors (Lipinski definition) is 1. The monoisotopic (exact) mass is 389 g/mol. The Labute approximate surface area is 167 Å². The van der Waals surface area contributed by atoms with Crippen LogP contribution in [0.2, 0.25) is 0 Å². The van der Waals surface area contributed by atoms with Gasteiger partial charge in [0.2, 0.25) is 5.91 Å². The van der Waals surface area contributed by atoms with E-state index in [9.17, 15) is 4.79 Å². The second-order valence-corrected chi connectivity index (χ2v) is 7.04. The molecule has 0 radical (unpaired) electrons. The minimum Gasteiger partial charge on any atom is -0.493 e. The number of carbonyl (C=O) groups excluding carboxylic acids is 1. The number of thiazole rings is 1. The molecule has 0 atom stereocenters. The molecule has 0 spiro atoms. The number of nitrogens with one attached hydrogen (secondary N) is 1. The van der Waals surface area contributed by atoms with Crippen molar-refractivity contribution in [3.05, 3.63) is 71.9 Å². The number of hydrogen-bond acceptors (Lipinski definition) is 5. The van der Waals surface area contributed by atoms with Gasteiger partial charge in [-0.1, -0.05) is 30.3 Å². The van der Waals surface area contributed by atoms with Crippen LogP contribution in [-0.2, 0) is 11.2 Å². The molecule has 6 heteroatoms. The van der Waals surface area contributed by atoms with Crippen LogP contribution in [0.5, 0.6) is 5.75 Å². The van der Waals surface area contributed by atoms with E-state index in [4.69, 9.17) is 4.74 Å². The van der Waals surface area contributed by atoms with Gasteiger partial charge in [0.25, 0.3) is 0 Å². The molecular formula is C22H19N3O2S. The van der Waals surface area contributed by atoms with Crippen LogP contribution >= 0.6 is 11.3 Å². The number of para-hydroxylation sites is 2. The number of fused-ring (bicyclic) bond motifs is 1.